The molecule has 0 aromatic carbocycles. The topological polar surface area (TPSA) is 55.3 Å². The Labute approximate surface area is 30.0 Å². The van der Waals surface area contributed by atoms with Crippen LogP contribution < -0.4 is 11.7 Å². The Bertz CT molecular complexity index is 8.00. The van der Waals surface area contributed by atoms with Crippen LogP contribution in [0.3, 0.4) is 0 Å². The normalized spacial score (nSPS) is 9.00. The van der Waals surface area contributed by atoms with Gasteiger partial charge in [-0.05, 0) is 0 Å². The summed E-state index contributed by atoms with van der Waals surface area (Å²) in [4.78, 5) is 0. The molecule has 0 radical (unpaired) electrons. The van der Waals surface area contributed by atoms with E-state index in [2.05, 4.69) is 24.5 Å². The first kappa shape index (κ1) is 4.23. The smallest absolute Gasteiger partial charge is 0.0633 e. The van der Waals surface area contributed by atoms with Crippen molar-refractivity contribution in [2.24, 2.45) is 11.7 Å². The van der Waals surface area contributed by atoms with E-state index in [0.717, 1.165) is 0 Å². The Morgan fingerprint density at radius 3 is 1.50 bits per heavy atom. The van der Waals surface area contributed by atoms with Crippen LogP contribution >= 0.6 is 12.8 Å². The van der Waals surface area contributed by atoms with Gasteiger partial charge in [-0.1, -0.05) is 12.8 Å². The lowest BCUT2D eigenvalue weighted by Crippen LogP contribution is -2.26. The molecule has 0 aromatic heterocycles. The first-order valence-corrected chi connectivity index (χ1v) is 1.12. The number of hydrogen-bond acceptors (Lipinski definition) is 4. The molecule has 4 N–H and O–H groups in total. The Morgan fingerprint density at radius 1 is 1.50 bits per heavy atom. The summed E-state index contributed by atoms with van der Waals surface area (Å²) in [5.74, 6) is 9.17. The van der Waals surface area contributed by atoms with E-state index in [1.54, 1.807) is 0 Å². The highest BCUT2D eigenvalue weighted by atomic mass is 32.1. The zero-order valence-corrected chi connectivity index (χ0v) is 2.94. The number of nitrogens with zero attached hydrogens (tertiary/aromatic N) is 1. The molecule has 26 valence electrons. The van der Waals surface area contributed by atoms with Crippen molar-refractivity contribution in [1.82, 2.24) is 4.52 Å². The molecule has 0 fully saturated rings. The molecule has 0 spiro atoms. The first-order valence-electron chi connectivity index (χ1n) is 0.716. The van der Waals surface area contributed by atoms with E-state index in [4.69, 9.17) is 0 Å². The molecular weight excluding hydrogens is 74.1 g/mol. The Balaban J connectivity index is 2.32. The highest BCUT2D eigenvalue weighted by Gasteiger charge is 1.58. The van der Waals surface area contributed by atoms with Gasteiger partial charge in [0.2, 0.25) is 0 Å². The summed E-state index contributed by atoms with van der Waals surface area (Å²) in [5, 5.41) is 0. The zero-order chi connectivity index (χ0) is 3.58. The van der Waals surface area contributed by atoms with Crippen LogP contribution in [0.4, 0.5) is 0 Å². The van der Waals surface area contributed by atoms with Crippen LogP contribution in [-0.4, -0.2) is 4.52 Å². The molecule has 0 amide bonds. The largest absolute Gasteiger partial charge is 0.245 e. The standard InChI is InChI=1S/H5N3S/c1-3(2)4/h4H,1-2H2. The summed E-state index contributed by atoms with van der Waals surface area (Å²) in [6, 6.07) is 0. The van der Waals surface area contributed by atoms with E-state index in [-0.39, 0.29) is 0 Å². The fourth-order valence-corrected chi connectivity index (χ4v) is 0. The second kappa shape index (κ2) is 1.54. The number of nitrogens with two attached hydrogens (primary N) is 2. The summed E-state index contributed by atoms with van der Waals surface area (Å²) in [7, 11) is 0. The van der Waals surface area contributed by atoms with Gasteiger partial charge in [0, 0.05) is 0 Å². The maximum Gasteiger partial charge on any atom is -0.0633 e. The van der Waals surface area contributed by atoms with E-state index in [9.17, 15) is 0 Å². The molecule has 0 aliphatic carbocycles. The predicted octanol–water partition coefficient (Wildman–Crippen LogP) is -1.12. The zero-order valence-electron chi connectivity index (χ0n) is 2.05. The molecule has 0 bridgehead atoms. The fourth-order valence-electron chi connectivity index (χ4n) is 0. The van der Waals surface area contributed by atoms with Gasteiger partial charge < -0.3 is 0 Å². The molecule has 4 heteroatoms. The second-order valence-corrected chi connectivity index (χ2v) is 0.842. The van der Waals surface area contributed by atoms with Crippen LogP contribution in [0.25, 0.3) is 0 Å². The molecular formula is H5N3S. The lowest BCUT2D eigenvalue weighted by Gasteiger charge is -1.89. The Morgan fingerprint density at radius 2 is 1.50 bits per heavy atom. The second-order valence-electron chi connectivity index (χ2n) is 0.380. The van der Waals surface area contributed by atoms with Crippen molar-refractivity contribution in [2.75, 3.05) is 0 Å². The maximum atomic E-state index is 4.59. The van der Waals surface area contributed by atoms with Gasteiger partial charge >= 0.3 is 0 Å². The van der Waals surface area contributed by atoms with Crippen molar-refractivity contribution in [3.63, 3.8) is 0 Å². The van der Waals surface area contributed by atoms with Gasteiger partial charge in [-0.2, -0.15) is 0 Å². The van der Waals surface area contributed by atoms with E-state index in [1.807, 2.05) is 0 Å². The number of hydrazine groups is 2. The third kappa shape index (κ3) is 63.8. The minimum absolute atomic E-state index is 0.694. The van der Waals surface area contributed by atoms with Crippen LogP contribution in [0, 0.1) is 0 Å². The molecule has 0 aromatic rings. The van der Waals surface area contributed by atoms with Crippen molar-refractivity contribution in [3.05, 3.63) is 0 Å². The number of hydrogen-bond donors (Lipinski definition) is 3. The van der Waals surface area contributed by atoms with Crippen molar-refractivity contribution >= 4 is 12.8 Å². The Kier molecular flexibility index (Phi) is 1.63. The van der Waals surface area contributed by atoms with Gasteiger partial charge in [0.1, 0.15) is 0 Å². The molecule has 0 saturated carbocycles. The van der Waals surface area contributed by atoms with Crippen LogP contribution in [0.2, 0.25) is 0 Å². The van der Waals surface area contributed by atoms with Crippen molar-refractivity contribution in [1.29, 1.82) is 0 Å². The molecule has 3 nitrogen and oxygen atoms in total. The third-order valence-corrected chi connectivity index (χ3v) is 0. The van der Waals surface area contributed by atoms with Crippen LogP contribution in [-0.2, 0) is 0 Å². The first-order chi connectivity index (χ1) is 1.73. The van der Waals surface area contributed by atoms with Crippen LogP contribution in [0.5, 0.6) is 0 Å². The SMILES string of the molecule is NN(N)S. The molecule has 0 unspecified atom stereocenters. The van der Waals surface area contributed by atoms with Gasteiger partial charge in [-0.25, -0.2) is 11.7 Å². The van der Waals surface area contributed by atoms with Crippen molar-refractivity contribution < 1.29 is 0 Å². The maximum absolute atomic E-state index is 4.59. The fraction of sp³-hybridized carbons (Fsp3) is 0. The monoisotopic (exact) mass is 79.0 g/mol. The highest BCUT2D eigenvalue weighted by Crippen LogP contribution is 1.56. The van der Waals surface area contributed by atoms with E-state index >= 15 is 0 Å². The average molecular weight is 79.1 g/mol. The summed E-state index contributed by atoms with van der Waals surface area (Å²) < 4.78 is 0.694. The summed E-state index contributed by atoms with van der Waals surface area (Å²) in [5.41, 5.74) is 0. The number of rotatable bonds is 0. The van der Waals surface area contributed by atoms with Crippen molar-refractivity contribution in [2.45, 2.75) is 0 Å². The summed E-state index contributed by atoms with van der Waals surface area (Å²) in [6.45, 7) is 0. The predicted molar refractivity (Wildman–Crippen MR) is 19.2 cm³/mol. The molecule has 0 aliphatic heterocycles. The lowest BCUT2D eigenvalue weighted by atomic mass is 12.6. The van der Waals surface area contributed by atoms with Crippen LogP contribution in [0.15, 0.2) is 0 Å². The summed E-state index contributed by atoms with van der Waals surface area (Å²) >= 11 is 3.35. The quantitative estimate of drug-likeness (QED) is 0.196. The van der Waals surface area contributed by atoms with Gasteiger partial charge in [0.15, 0.2) is 0 Å². The number of thiol groups is 1. The minimum Gasteiger partial charge on any atom is -0.245 e. The lowest BCUT2D eigenvalue weighted by molar-refractivity contribution is 0.538. The molecule has 0 saturated heterocycles. The van der Waals surface area contributed by atoms with E-state index < -0.39 is 0 Å². The minimum atomic E-state index is 0.694. The van der Waals surface area contributed by atoms with Crippen LogP contribution in [0.1, 0.15) is 0 Å². The van der Waals surface area contributed by atoms with Gasteiger partial charge in [-0.15, -0.1) is 4.52 Å². The molecule has 0 heterocycles. The van der Waals surface area contributed by atoms with Gasteiger partial charge in [0.05, 0.1) is 0 Å². The van der Waals surface area contributed by atoms with Gasteiger partial charge in [-0.3, -0.25) is 0 Å². The molecule has 0 aliphatic rings. The Hall–Kier alpha value is 0.230. The van der Waals surface area contributed by atoms with E-state index in [1.165, 1.54) is 0 Å². The average Bonchev–Trinajstić information content (AvgIpc) is 0.811. The van der Waals surface area contributed by atoms with E-state index in [0.29, 0.717) is 4.52 Å². The third-order valence-electron chi connectivity index (χ3n) is 0. The highest BCUT2D eigenvalue weighted by molar-refractivity contribution is 7.77. The van der Waals surface area contributed by atoms with Gasteiger partial charge in [0.25, 0.3) is 0 Å². The molecule has 4 heavy (non-hydrogen) atoms. The summed E-state index contributed by atoms with van der Waals surface area (Å²) in [6.07, 6.45) is 0. The molecule has 0 rings (SSSR count). The van der Waals surface area contributed by atoms with Crippen molar-refractivity contribution in [3.8, 4) is 0 Å². The molecule has 0 atom stereocenters.